The van der Waals surface area contributed by atoms with Crippen LogP contribution in [0, 0.1) is 0 Å². The summed E-state index contributed by atoms with van der Waals surface area (Å²) in [6, 6.07) is 30.9. The number of hydrogen-bond acceptors (Lipinski definition) is 5. The second-order valence-corrected chi connectivity index (χ2v) is 8.74. The molecule has 0 aliphatic heterocycles. The number of ketones is 2. The lowest BCUT2D eigenvalue weighted by atomic mass is 10.0. The normalized spacial score (nSPS) is 13.1. The Morgan fingerprint density at radius 2 is 1.19 bits per heavy atom. The van der Waals surface area contributed by atoms with E-state index < -0.39 is 0 Å². The average molecular weight is 467 g/mol. The number of rotatable bonds is 3. The number of oxazole rings is 1. The van der Waals surface area contributed by atoms with Gasteiger partial charge in [0, 0.05) is 22.8 Å². The van der Waals surface area contributed by atoms with E-state index in [1.807, 2.05) is 66.7 Å². The molecule has 0 spiro atoms. The number of aromatic nitrogens is 1. The SMILES string of the molecule is O=C1C(=Cc2cc3oc(-c4ccc(-c5ccccc5)cc4)nc3o2)C(=O)c2cc3ccccc3cc21. The Labute approximate surface area is 205 Å². The van der Waals surface area contributed by atoms with Crippen molar-refractivity contribution in [2.75, 3.05) is 0 Å². The molecule has 2 heterocycles. The van der Waals surface area contributed by atoms with Gasteiger partial charge < -0.3 is 8.83 Å². The van der Waals surface area contributed by atoms with Gasteiger partial charge in [-0.05, 0) is 52.2 Å². The molecule has 36 heavy (non-hydrogen) atoms. The number of Topliss-reactive ketones (excluding diaryl/α,β-unsaturated/α-hetero) is 2. The lowest BCUT2D eigenvalue weighted by Crippen LogP contribution is -1.99. The molecular formula is C31H17NO4. The van der Waals surface area contributed by atoms with E-state index in [0.29, 0.717) is 34.1 Å². The van der Waals surface area contributed by atoms with Crippen LogP contribution in [0.3, 0.4) is 0 Å². The molecule has 4 aromatic carbocycles. The smallest absolute Gasteiger partial charge is 0.266 e. The Morgan fingerprint density at radius 3 is 1.83 bits per heavy atom. The second-order valence-electron chi connectivity index (χ2n) is 8.74. The van der Waals surface area contributed by atoms with Crippen molar-refractivity contribution in [2.45, 2.75) is 0 Å². The van der Waals surface area contributed by atoms with Gasteiger partial charge in [0.25, 0.3) is 5.71 Å². The zero-order valence-electron chi connectivity index (χ0n) is 18.9. The molecule has 0 amide bonds. The standard InChI is InChI=1S/C31H17NO4/c33-28-24-14-21-8-4-5-9-22(21)15-25(24)29(34)26(28)16-23-17-27-31(35-23)32-30(36-27)20-12-10-19(11-13-20)18-6-2-1-3-7-18/h1-17H. The minimum Gasteiger partial charge on any atom is -0.436 e. The van der Waals surface area contributed by atoms with E-state index in [1.54, 1.807) is 18.2 Å². The summed E-state index contributed by atoms with van der Waals surface area (Å²) in [6.07, 6.45) is 1.47. The minimum absolute atomic E-state index is 0.0773. The van der Waals surface area contributed by atoms with Crippen molar-refractivity contribution in [3.8, 4) is 22.6 Å². The van der Waals surface area contributed by atoms with Crippen molar-refractivity contribution >= 4 is 39.7 Å². The van der Waals surface area contributed by atoms with Crippen molar-refractivity contribution in [2.24, 2.45) is 0 Å². The molecule has 0 unspecified atom stereocenters. The Morgan fingerprint density at radius 1 is 0.611 bits per heavy atom. The minimum atomic E-state index is -0.305. The van der Waals surface area contributed by atoms with Gasteiger partial charge in [-0.3, -0.25) is 9.59 Å². The van der Waals surface area contributed by atoms with E-state index in [1.165, 1.54) is 6.08 Å². The fraction of sp³-hybridized carbons (Fsp3) is 0. The number of nitrogens with zero attached hydrogens (tertiary/aromatic N) is 1. The predicted octanol–water partition coefficient (Wildman–Crippen LogP) is 7.37. The van der Waals surface area contributed by atoms with Crippen LogP contribution in [0.4, 0.5) is 0 Å². The van der Waals surface area contributed by atoms with E-state index in [2.05, 4.69) is 17.1 Å². The number of carbonyl (C=O) groups excluding carboxylic acids is 2. The maximum absolute atomic E-state index is 13.0. The van der Waals surface area contributed by atoms with Crippen molar-refractivity contribution in [3.05, 3.63) is 120 Å². The molecule has 5 heteroatoms. The molecule has 170 valence electrons. The summed E-state index contributed by atoms with van der Waals surface area (Å²) in [4.78, 5) is 30.5. The lowest BCUT2D eigenvalue weighted by Gasteiger charge is -2.02. The molecule has 2 aromatic heterocycles. The molecule has 0 fully saturated rings. The Kier molecular flexibility index (Phi) is 4.38. The maximum Gasteiger partial charge on any atom is 0.266 e. The molecule has 0 atom stereocenters. The van der Waals surface area contributed by atoms with Crippen molar-refractivity contribution < 1.29 is 18.4 Å². The third-order valence-electron chi connectivity index (χ3n) is 6.50. The highest BCUT2D eigenvalue weighted by molar-refractivity contribution is 6.42. The molecule has 7 rings (SSSR count). The Hall–Kier alpha value is -5.03. The van der Waals surface area contributed by atoms with E-state index in [-0.39, 0.29) is 17.1 Å². The van der Waals surface area contributed by atoms with Crippen LogP contribution in [-0.4, -0.2) is 16.6 Å². The van der Waals surface area contributed by atoms with Crippen LogP contribution in [0.1, 0.15) is 26.5 Å². The zero-order valence-corrected chi connectivity index (χ0v) is 18.9. The van der Waals surface area contributed by atoms with E-state index in [9.17, 15) is 9.59 Å². The van der Waals surface area contributed by atoms with E-state index in [0.717, 1.165) is 27.5 Å². The van der Waals surface area contributed by atoms with Gasteiger partial charge >= 0.3 is 0 Å². The van der Waals surface area contributed by atoms with Gasteiger partial charge in [-0.25, -0.2) is 0 Å². The molecule has 0 saturated carbocycles. The highest BCUT2D eigenvalue weighted by Gasteiger charge is 2.33. The first-order valence-corrected chi connectivity index (χ1v) is 11.5. The molecule has 5 nitrogen and oxygen atoms in total. The average Bonchev–Trinajstić information content (AvgIpc) is 3.56. The van der Waals surface area contributed by atoms with Crippen molar-refractivity contribution in [1.82, 2.24) is 4.98 Å². The quantitative estimate of drug-likeness (QED) is 0.201. The molecule has 0 radical (unpaired) electrons. The molecular weight excluding hydrogens is 450 g/mol. The van der Waals surface area contributed by atoms with Crippen LogP contribution in [0.15, 0.2) is 111 Å². The number of hydrogen-bond donors (Lipinski definition) is 0. The van der Waals surface area contributed by atoms with Gasteiger partial charge in [0.15, 0.2) is 17.1 Å². The first-order valence-electron chi connectivity index (χ1n) is 11.5. The highest BCUT2D eigenvalue weighted by atomic mass is 16.4. The largest absolute Gasteiger partial charge is 0.436 e. The highest BCUT2D eigenvalue weighted by Crippen LogP contribution is 2.33. The fourth-order valence-electron chi connectivity index (χ4n) is 4.67. The monoisotopic (exact) mass is 467 g/mol. The van der Waals surface area contributed by atoms with Crippen molar-refractivity contribution in [1.29, 1.82) is 0 Å². The summed E-state index contributed by atoms with van der Waals surface area (Å²) in [5.41, 5.74) is 4.73. The first kappa shape index (κ1) is 20.4. The van der Waals surface area contributed by atoms with Crippen LogP contribution in [0.5, 0.6) is 0 Å². The summed E-state index contributed by atoms with van der Waals surface area (Å²) < 4.78 is 11.7. The van der Waals surface area contributed by atoms with E-state index >= 15 is 0 Å². The van der Waals surface area contributed by atoms with Crippen molar-refractivity contribution in [3.63, 3.8) is 0 Å². The Balaban J connectivity index is 1.19. The van der Waals surface area contributed by atoms with Gasteiger partial charge in [0.05, 0.1) is 5.57 Å². The number of fused-ring (bicyclic) bond motifs is 3. The molecule has 0 saturated heterocycles. The number of furan rings is 1. The molecule has 1 aliphatic rings. The summed E-state index contributed by atoms with van der Waals surface area (Å²) in [7, 11) is 0. The van der Waals surface area contributed by atoms with E-state index in [4.69, 9.17) is 8.83 Å². The van der Waals surface area contributed by atoms with Gasteiger partial charge in [-0.1, -0.05) is 66.7 Å². The summed E-state index contributed by atoms with van der Waals surface area (Å²) >= 11 is 0. The first-order chi connectivity index (χ1) is 17.6. The third-order valence-corrected chi connectivity index (χ3v) is 6.50. The number of carbonyl (C=O) groups is 2. The van der Waals surface area contributed by atoms with Crippen LogP contribution in [0.2, 0.25) is 0 Å². The van der Waals surface area contributed by atoms with Gasteiger partial charge in [-0.15, -0.1) is 0 Å². The summed E-state index contributed by atoms with van der Waals surface area (Å²) in [5.74, 6) is 0.174. The predicted molar refractivity (Wildman–Crippen MR) is 138 cm³/mol. The second kappa shape index (κ2) is 7.75. The molecule has 6 aromatic rings. The van der Waals surface area contributed by atoms with Crippen LogP contribution < -0.4 is 0 Å². The fourth-order valence-corrected chi connectivity index (χ4v) is 4.67. The molecule has 0 bridgehead atoms. The number of allylic oxidation sites excluding steroid dienone is 1. The lowest BCUT2D eigenvalue weighted by molar-refractivity contribution is 0.0990. The maximum atomic E-state index is 13.0. The summed E-state index contributed by atoms with van der Waals surface area (Å²) in [5, 5.41) is 1.84. The Bertz CT molecular complexity index is 1770. The zero-order chi connectivity index (χ0) is 24.2. The van der Waals surface area contributed by atoms with Crippen LogP contribution in [-0.2, 0) is 0 Å². The topological polar surface area (TPSA) is 73.3 Å². The van der Waals surface area contributed by atoms with Gasteiger partial charge in [-0.2, -0.15) is 4.98 Å². The molecule has 1 aliphatic carbocycles. The van der Waals surface area contributed by atoms with Crippen LogP contribution >= 0.6 is 0 Å². The van der Waals surface area contributed by atoms with Gasteiger partial charge in [0.2, 0.25) is 5.89 Å². The third kappa shape index (κ3) is 3.21. The van der Waals surface area contributed by atoms with Gasteiger partial charge in [0.1, 0.15) is 5.76 Å². The summed E-state index contributed by atoms with van der Waals surface area (Å²) in [6.45, 7) is 0. The number of benzene rings is 4. The van der Waals surface area contributed by atoms with Crippen LogP contribution in [0.25, 0.3) is 50.7 Å². The molecule has 0 N–H and O–H groups in total.